The molecule has 1 N–H and O–H groups in total. The number of hydrogen-bond acceptors (Lipinski definition) is 4. The number of amides is 1. The van der Waals surface area contributed by atoms with Crippen LogP contribution in [0.2, 0.25) is 0 Å². The zero-order chi connectivity index (χ0) is 10.8. The molecule has 0 aromatic carbocycles. The van der Waals surface area contributed by atoms with Crippen LogP contribution in [0.5, 0.6) is 0 Å². The van der Waals surface area contributed by atoms with Crippen LogP contribution in [-0.4, -0.2) is 36.9 Å². The summed E-state index contributed by atoms with van der Waals surface area (Å²) in [6.45, 7) is 0.185. The maximum absolute atomic E-state index is 11.5. The lowest BCUT2D eigenvalue weighted by Crippen LogP contribution is -2.47. The number of nitrogens with zero attached hydrogens (tertiary/aromatic N) is 1. The molecule has 0 radical (unpaired) electrons. The van der Waals surface area contributed by atoms with Crippen molar-refractivity contribution in [2.24, 2.45) is 0 Å². The van der Waals surface area contributed by atoms with Crippen molar-refractivity contribution in [1.82, 2.24) is 0 Å². The van der Waals surface area contributed by atoms with Crippen molar-refractivity contribution >= 4 is 27.7 Å². The predicted molar refractivity (Wildman–Crippen MR) is 55.6 cm³/mol. The fourth-order valence-corrected chi connectivity index (χ4v) is 1.70. The number of carbonyl (C=O) groups excluding carboxylic acids is 1. The highest BCUT2D eigenvalue weighted by atomic mass is 79.9. The maximum Gasteiger partial charge on any atom is 0.255 e. The van der Waals surface area contributed by atoms with Gasteiger partial charge in [-0.3, -0.25) is 9.69 Å². The van der Waals surface area contributed by atoms with Crippen molar-refractivity contribution < 1.29 is 19.1 Å². The molecular weight excluding hydrogens is 266 g/mol. The second-order valence-corrected chi connectivity index (χ2v) is 3.98. The van der Waals surface area contributed by atoms with Gasteiger partial charge in [0.15, 0.2) is 4.67 Å². The zero-order valence-corrected chi connectivity index (χ0v) is 9.44. The third-order valence-electron chi connectivity index (χ3n) is 2.16. The Morgan fingerprint density at radius 2 is 2.40 bits per heavy atom. The van der Waals surface area contributed by atoms with Crippen LogP contribution in [0.25, 0.3) is 0 Å². The standard InChI is InChI=1S/C9H10BrNO4/c10-7-1-2-9(15-7)11-3-6(4-12)14-5-8(11)13/h1-2,6,12H,3-5H2. The van der Waals surface area contributed by atoms with Gasteiger partial charge in [0.2, 0.25) is 5.88 Å². The Labute approximate surface area is 94.7 Å². The molecular formula is C9H10BrNO4. The molecule has 2 heterocycles. The molecule has 82 valence electrons. The van der Waals surface area contributed by atoms with E-state index in [1.807, 2.05) is 0 Å². The van der Waals surface area contributed by atoms with Crippen LogP contribution < -0.4 is 4.90 Å². The summed E-state index contributed by atoms with van der Waals surface area (Å²) < 4.78 is 10.9. The first-order valence-corrected chi connectivity index (χ1v) is 5.28. The lowest BCUT2D eigenvalue weighted by molar-refractivity contribution is -0.130. The highest BCUT2D eigenvalue weighted by Gasteiger charge is 2.28. The Hall–Kier alpha value is -0.850. The van der Waals surface area contributed by atoms with Gasteiger partial charge in [0, 0.05) is 6.07 Å². The van der Waals surface area contributed by atoms with Crippen LogP contribution in [0.1, 0.15) is 0 Å². The summed E-state index contributed by atoms with van der Waals surface area (Å²) in [5.74, 6) is 0.301. The number of halogens is 1. The van der Waals surface area contributed by atoms with Gasteiger partial charge < -0.3 is 14.3 Å². The maximum atomic E-state index is 11.5. The Kier molecular flexibility index (Phi) is 3.08. The Bertz CT molecular complexity index is 365. The molecule has 1 aliphatic rings. The quantitative estimate of drug-likeness (QED) is 0.866. The fourth-order valence-electron chi connectivity index (χ4n) is 1.40. The summed E-state index contributed by atoms with van der Waals surface area (Å²) in [6, 6.07) is 3.41. The van der Waals surface area contributed by atoms with E-state index in [0.29, 0.717) is 17.1 Å². The van der Waals surface area contributed by atoms with Crippen LogP contribution >= 0.6 is 15.9 Å². The number of rotatable bonds is 2. The van der Waals surface area contributed by atoms with Gasteiger partial charge in [-0.1, -0.05) is 0 Å². The first kappa shape index (κ1) is 10.7. The minimum absolute atomic E-state index is 0.0243. The average molecular weight is 276 g/mol. The minimum Gasteiger partial charge on any atom is -0.433 e. The van der Waals surface area contributed by atoms with Gasteiger partial charge >= 0.3 is 0 Å². The highest BCUT2D eigenvalue weighted by Crippen LogP contribution is 2.24. The van der Waals surface area contributed by atoms with Crippen molar-refractivity contribution in [2.75, 3.05) is 24.7 Å². The summed E-state index contributed by atoms with van der Waals surface area (Å²) in [6.07, 6.45) is -0.341. The summed E-state index contributed by atoms with van der Waals surface area (Å²) in [7, 11) is 0. The predicted octanol–water partition coefficient (Wildman–Crippen LogP) is 0.766. The SMILES string of the molecule is O=C1COC(CO)CN1c1ccc(Br)o1. The summed E-state index contributed by atoms with van der Waals surface area (Å²) >= 11 is 3.17. The normalized spacial score (nSPS) is 22.1. The second kappa shape index (κ2) is 4.34. The smallest absolute Gasteiger partial charge is 0.255 e. The Morgan fingerprint density at radius 3 is 3.00 bits per heavy atom. The molecule has 15 heavy (non-hydrogen) atoms. The molecule has 1 amide bonds. The number of aliphatic hydroxyl groups excluding tert-OH is 1. The van der Waals surface area contributed by atoms with E-state index in [9.17, 15) is 4.79 Å². The van der Waals surface area contributed by atoms with Gasteiger partial charge in [0.05, 0.1) is 19.3 Å². The van der Waals surface area contributed by atoms with Crippen molar-refractivity contribution in [2.45, 2.75) is 6.10 Å². The van der Waals surface area contributed by atoms with E-state index in [1.165, 1.54) is 4.90 Å². The van der Waals surface area contributed by atoms with E-state index in [0.717, 1.165) is 0 Å². The monoisotopic (exact) mass is 275 g/mol. The van der Waals surface area contributed by atoms with Gasteiger partial charge in [-0.25, -0.2) is 0 Å². The van der Waals surface area contributed by atoms with Crippen molar-refractivity contribution in [3.8, 4) is 0 Å². The zero-order valence-electron chi connectivity index (χ0n) is 7.85. The first-order chi connectivity index (χ1) is 7.20. The highest BCUT2D eigenvalue weighted by molar-refractivity contribution is 9.10. The Balaban J connectivity index is 2.15. The molecule has 5 nitrogen and oxygen atoms in total. The number of morpholine rings is 1. The molecule has 1 saturated heterocycles. The van der Waals surface area contributed by atoms with E-state index >= 15 is 0 Å². The molecule has 1 aliphatic heterocycles. The van der Waals surface area contributed by atoms with Crippen LogP contribution in [0.3, 0.4) is 0 Å². The van der Waals surface area contributed by atoms with E-state index in [2.05, 4.69) is 15.9 Å². The van der Waals surface area contributed by atoms with Gasteiger partial charge in [-0.15, -0.1) is 0 Å². The van der Waals surface area contributed by atoms with Crippen molar-refractivity contribution in [3.63, 3.8) is 0 Å². The molecule has 1 atom stereocenters. The molecule has 0 saturated carbocycles. The first-order valence-electron chi connectivity index (χ1n) is 4.49. The molecule has 1 fully saturated rings. The molecule has 2 rings (SSSR count). The van der Waals surface area contributed by atoms with Crippen molar-refractivity contribution in [1.29, 1.82) is 0 Å². The third kappa shape index (κ3) is 2.22. The second-order valence-electron chi connectivity index (χ2n) is 3.20. The van der Waals surface area contributed by atoms with Gasteiger partial charge in [-0.05, 0) is 22.0 Å². The van der Waals surface area contributed by atoms with Gasteiger partial charge in [0.1, 0.15) is 6.61 Å². The van der Waals surface area contributed by atoms with Gasteiger partial charge in [0.25, 0.3) is 5.91 Å². The third-order valence-corrected chi connectivity index (χ3v) is 2.58. The number of ether oxygens (including phenoxy) is 1. The van der Waals surface area contributed by atoms with E-state index in [-0.39, 0.29) is 25.2 Å². The lowest BCUT2D eigenvalue weighted by Gasteiger charge is -2.29. The minimum atomic E-state index is -0.341. The summed E-state index contributed by atoms with van der Waals surface area (Å²) in [5, 5.41) is 8.94. The van der Waals surface area contributed by atoms with Gasteiger partial charge in [-0.2, -0.15) is 0 Å². The van der Waals surface area contributed by atoms with E-state index in [1.54, 1.807) is 12.1 Å². The van der Waals surface area contributed by atoms with Crippen LogP contribution in [0.15, 0.2) is 21.2 Å². The molecule has 1 aromatic heterocycles. The van der Waals surface area contributed by atoms with Crippen LogP contribution in [0, 0.1) is 0 Å². The van der Waals surface area contributed by atoms with E-state index < -0.39 is 0 Å². The molecule has 1 aromatic rings. The topological polar surface area (TPSA) is 62.9 Å². The molecule has 0 spiro atoms. The number of furan rings is 1. The van der Waals surface area contributed by atoms with Crippen LogP contribution in [0.4, 0.5) is 5.88 Å². The Morgan fingerprint density at radius 1 is 1.60 bits per heavy atom. The number of carbonyl (C=O) groups is 1. The number of anilines is 1. The van der Waals surface area contributed by atoms with Crippen molar-refractivity contribution in [3.05, 3.63) is 16.8 Å². The average Bonchev–Trinajstić information content (AvgIpc) is 2.65. The molecule has 0 bridgehead atoms. The van der Waals surface area contributed by atoms with E-state index in [4.69, 9.17) is 14.3 Å². The fraction of sp³-hybridized carbons (Fsp3) is 0.444. The number of aliphatic hydroxyl groups is 1. The molecule has 0 aliphatic carbocycles. The summed E-state index contributed by atoms with van der Waals surface area (Å²) in [4.78, 5) is 13.0. The lowest BCUT2D eigenvalue weighted by atomic mass is 10.3. The summed E-state index contributed by atoms with van der Waals surface area (Å²) in [5.41, 5.74) is 0. The molecule has 6 heteroatoms. The largest absolute Gasteiger partial charge is 0.433 e. The van der Waals surface area contributed by atoms with Crippen LogP contribution in [-0.2, 0) is 9.53 Å². The number of hydrogen-bond donors (Lipinski definition) is 1. The molecule has 1 unspecified atom stereocenters.